The van der Waals surface area contributed by atoms with E-state index in [-0.39, 0.29) is 11.7 Å². The van der Waals surface area contributed by atoms with Crippen molar-refractivity contribution in [2.24, 2.45) is 5.92 Å². The maximum atomic E-state index is 12.4. The zero-order chi connectivity index (χ0) is 13.1. The van der Waals surface area contributed by atoms with E-state index in [0.29, 0.717) is 23.7 Å². The smallest absolute Gasteiger partial charge is 0.171 e. The van der Waals surface area contributed by atoms with E-state index >= 15 is 0 Å². The third-order valence-electron chi connectivity index (χ3n) is 3.13. The first-order valence-electron chi connectivity index (χ1n) is 6.11. The van der Waals surface area contributed by atoms with Crippen LogP contribution in [0.1, 0.15) is 16.8 Å². The van der Waals surface area contributed by atoms with Crippen molar-refractivity contribution in [2.45, 2.75) is 6.42 Å². The molecule has 0 amide bonds. The highest BCUT2D eigenvalue weighted by molar-refractivity contribution is 6.00. The van der Waals surface area contributed by atoms with Crippen LogP contribution in [0.2, 0.25) is 0 Å². The molecule has 4 nitrogen and oxygen atoms in total. The molecule has 0 N–H and O–H groups in total. The van der Waals surface area contributed by atoms with Gasteiger partial charge in [-0.3, -0.25) is 4.79 Å². The summed E-state index contributed by atoms with van der Waals surface area (Å²) in [5.74, 6) is 1.53. The Hall–Kier alpha value is -1.55. The van der Waals surface area contributed by atoms with Crippen LogP contribution in [0.4, 0.5) is 0 Å². The molecule has 0 unspecified atom stereocenters. The van der Waals surface area contributed by atoms with Crippen LogP contribution in [0.15, 0.2) is 18.2 Å². The van der Waals surface area contributed by atoms with Gasteiger partial charge in [0.25, 0.3) is 0 Å². The first-order valence-corrected chi connectivity index (χ1v) is 6.11. The maximum absolute atomic E-state index is 12.4. The molecule has 1 atom stereocenters. The predicted molar refractivity (Wildman–Crippen MR) is 69.5 cm³/mol. The van der Waals surface area contributed by atoms with Crippen LogP contribution in [0, 0.1) is 5.92 Å². The van der Waals surface area contributed by atoms with Crippen LogP contribution < -0.4 is 9.47 Å². The molecule has 0 radical (unpaired) electrons. The van der Waals surface area contributed by atoms with Gasteiger partial charge in [-0.1, -0.05) is 0 Å². The molecule has 1 aromatic carbocycles. The molecular weight excluding hydrogens is 230 g/mol. The fraction of sp³-hybridized carbons (Fsp3) is 0.500. The average Bonchev–Trinajstić information content (AvgIpc) is 2.49. The van der Waals surface area contributed by atoms with Gasteiger partial charge in [0, 0.05) is 18.5 Å². The zero-order valence-electron chi connectivity index (χ0n) is 11.1. The number of Topliss-reactive ketones (excluding diaryl/α,β-unsaturated/α-hetero) is 1. The van der Waals surface area contributed by atoms with Gasteiger partial charge in [0.05, 0.1) is 19.3 Å². The van der Waals surface area contributed by atoms with Crippen molar-refractivity contribution in [1.29, 1.82) is 0 Å². The number of nitrogens with zero attached hydrogens (tertiary/aromatic N) is 1. The van der Waals surface area contributed by atoms with E-state index in [0.717, 1.165) is 13.0 Å². The Morgan fingerprint density at radius 1 is 1.44 bits per heavy atom. The Bertz CT molecular complexity index is 443. The van der Waals surface area contributed by atoms with Crippen molar-refractivity contribution in [3.63, 3.8) is 0 Å². The van der Waals surface area contributed by atoms with Crippen LogP contribution >= 0.6 is 0 Å². The third-order valence-corrected chi connectivity index (χ3v) is 3.13. The summed E-state index contributed by atoms with van der Waals surface area (Å²) in [5.41, 5.74) is 0.667. The topological polar surface area (TPSA) is 38.8 Å². The number of ketones is 1. The molecule has 0 saturated heterocycles. The molecule has 0 aromatic heterocycles. The lowest BCUT2D eigenvalue weighted by Gasteiger charge is -2.17. The summed E-state index contributed by atoms with van der Waals surface area (Å²) >= 11 is 0. The lowest BCUT2D eigenvalue weighted by molar-refractivity contribution is 0.0891. The summed E-state index contributed by atoms with van der Waals surface area (Å²) in [4.78, 5) is 14.5. The van der Waals surface area contributed by atoms with Crippen LogP contribution in [-0.4, -0.2) is 45.0 Å². The molecule has 1 aromatic rings. The number of hydrogen-bond donors (Lipinski definition) is 0. The molecule has 2 rings (SSSR count). The number of carbonyl (C=O) groups excluding carboxylic acids is 1. The standard InChI is InChI=1S/C14H19NO3/c1-15(2)9-10-6-7-18-13-8-11(17-3)4-5-12(13)14(10)16/h4-5,8,10H,6-7,9H2,1-3H3/t10-/m1/s1. The fourth-order valence-electron chi connectivity index (χ4n) is 2.23. The van der Waals surface area contributed by atoms with Crippen molar-refractivity contribution in [3.8, 4) is 11.5 Å². The number of hydrogen-bond acceptors (Lipinski definition) is 4. The molecule has 0 fully saturated rings. The minimum Gasteiger partial charge on any atom is -0.497 e. The highest BCUT2D eigenvalue weighted by atomic mass is 16.5. The predicted octanol–water partition coefficient (Wildman–Crippen LogP) is 1.84. The number of rotatable bonds is 3. The summed E-state index contributed by atoms with van der Waals surface area (Å²) in [6.45, 7) is 1.33. The van der Waals surface area contributed by atoms with E-state index < -0.39 is 0 Å². The summed E-state index contributed by atoms with van der Waals surface area (Å²) in [7, 11) is 5.57. The molecule has 4 heteroatoms. The fourth-order valence-corrected chi connectivity index (χ4v) is 2.23. The Labute approximate surface area is 107 Å². The number of fused-ring (bicyclic) bond motifs is 1. The highest BCUT2D eigenvalue weighted by Gasteiger charge is 2.27. The van der Waals surface area contributed by atoms with E-state index in [9.17, 15) is 4.79 Å². The van der Waals surface area contributed by atoms with E-state index in [4.69, 9.17) is 9.47 Å². The molecule has 0 saturated carbocycles. The van der Waals surface area contributed by atoms with Crippen molar-refractivity contribution in [3.05, 3.63) is 23.8 Å². The largest absolute Gasteiger partial charge is 0.497 e. The molecule has 1 aliphatic heterocycles. The van der Waals surface area contributed by atoms with Gasteiger partial charge in [-0.05, 0) is 32.6 Å². The number of benzene rings is 1. The average molecular weight is 249 g/mol. The second kappa shape index (κ2) is 5.40. The third kappa shape index (κ3) is 2.64. The van der Waals surface area contributed by atoms with Crippen molar-refractivity contribution >= 4 is 5.78 Å². The summed E-state index contributed by atoms with van der Waals surface area (Å²) in [5, 5.41) is 0. The second-order valence-corrected chi connectivity index (χ2v) is 4.82. The number of ether oxygens (including phenoxy) is 2. The molecule has 98 valence electrons. The first kappa shape index (κ1) is 12.9. The molecule has 18 heavy (non-hydrogen) atoms. The van der Waals surface area contributed by atoms with Crippen LogP contribution in [-0.2, 0) is 0 Å². The molecule has 0 bridgehead atoms. The Balaban J connectivity index is 2.29. The Morgan fingerprint density at radius 3 is 2.89 bits per heavy atom. The molecule has 0 aliphatic carbocycles. The van der Waals surface area contributed by atoms with Gasteiger partial charge in [-0.25, -0.2) is 0 Å². The normalized spacial score (nSPS) is 19.1. The lowest BCUT2D eigenvalue weighted by atomic mass is 9.95. The Morgan fingerprint density at radius 2 is 2.22 bits per heavy atom. The van der Waals surface area contributed by atoms with Crippen molar-refractivity contribution in [1.82, 2.24) is 4.90 Å². The van der Waals surface area contributed by atoms with E-state index in [1.165, 1.54) is 0 Å². The zero-order valence-corrected chi connectivity index (χ0v) is 11.1. The molecule has 1 heterocycles. The quantitative estimate of drug-likeness (QED) is 0.819. The van der Waals surface area contributed by atoms with Gasteiger partial charge in [0.15, 0.2) is 5.78 Å². The number of carbonyl (C=O) groups is 1. The summed E-state index contributed by atoms with van der Waals surface area (Å²) < 4.78 is 10.8. The SMILES string of the molecule is COc1ccc2c(c1)OCC[C@H](CN(C)C)C2=O. The first-order chi connectivity index (χ1) is 8.61. The van der Waals surface area contributed by atoms with Gasteiger partial charge in [-0.2, -0.15) is 0 Å². The highest BCUT2D eigenvalue weighted by Crippen LogP contribution is 2.30. The Kier molecular flexibility index (Phi) is 3.87. The monoisotopic (exact) mass is 249 g/mol. The van der Waals surface area contributed by atoms with Gasteiger partial charge in [-0.15, -0.1) is 0 Å². The van der Waals surface area contributed by atoms with Gasteiger partial charge < -0.3 is 14.4 Å². The second-order valence-electron chi connectivity index (χ2n) is 4.82. The van der Waals surface area contributed by atoms with E-state index in [1.807, 2.05) is 19.0 Å². The lowest BCUT2D eigenvalue weighted by Crippen LogP contribution is -2.27. The van der Waals surface area contributed by atoms with Gasteiger partial charge in [0.2, 0.25) is 0 Å². The van der Waals surface area contributed by atoms with Gasteiger partial charge >= 0.3 is 0 Å². The maximum Gasteiger partial charge on any atom is 0.171 e. The minimum absolute atomic E-state index is 0.00893. The van der Waals surface area contributed by atoms with Crippen molar-refractivity contribution in [2.75, 3.05) is 34.4 Å². The minimum atomic E-state index is 0.00893. The van der Waals surface area contributed by atoms with E-state index in [1.54, 1.807) is 25.3 Å². The van der Waals surface area contributed by atoms with Crippen LogP contribution in [0.25, 0.3) is 0 Å². The molecule has 1 aliphatic rings. The van der Waals surface area contributed by atoms with Crippen LogP contribution in [0.5, 0.6) is 11.5 Å². The van der Waals surface area contributed by atoms with Gasteiger partial charge in [0.1, 0.15) is 11.5 Å². The molecule has 0 spiro atoms. The van der Waals surface area contributed by atoms with Crippen LogP contribution in [0.3, 0.4) is 0 Å². The summed E-state index contributed by atoms with van der Waals surface area (Å²) in [6.07, 6.45) is 0.758. The molecular formula is C14H19NO3. The number of methoxy groups -OCH3 is 1. The van der Waals surface area contributed by atoms with E-state index in [2.05, 4.69) is 0 Å². The van der Waals surface area contributed by atoms with Crippen molar-refractivity contribution < 1.29 is 14.3 Å². The summed E-state index contributed by atoms with van der Waals surface area (Å²) in [6, 6.07) is 5.38.